The van der Waals surface area contributed by atoms with Gasteiger partial charge in [0.2, 0.25) is 0 Å². The van der Waals surface area contributed by atoms with Crippen LogP contribution in [-0.2, 0) is 0 Å². The number of carbonyl (C=O) groups excluding carboxylic acids is 1. The Hall–Kier alpha value is -1.75. The first-order valence-corrected chi connectivity index (χ1v) is 7.01. The molecule has 21 heavy (non-hydrogen) atoms. The van der Waals surface area contributed by atoms with E-state index in [0.717, 1.165) is 0 Å². The van der Waals surface area contributed by atoms with E-state index in [9.17, 15) is 9.90 Å². The van der Waals surface area contributed by atoms with Crippen LogP contribution in [0.5, 0.6) is 11.5 Å². The molecule has 0 heterocycles. The van der Waals surface area contributed by atoms with E-state index >= 15 is 0 Å². The molecule has 0 radical (unpaired) electrons. The third kappa shape index (κ3) is 5.27. The largest absolute Gasteiger partial charge is 0.497 e. The van der Waals surface area contributed by atoms with Gasteiger partial charge in [0.05, 0.1) is 25.4 Å². The van der Waals surface area contributed by atoms with Crippen molar-refractivity contribution < 1.29 is 19.4 Å². The third-order valence-corrected chi connectivity index (χ3v) is 3.13. The van der Waals surface area contributed by atoms with Gasteiger partial charge in [-0.25, -0.2) is 0 Å². The fraction of sp³-hybridized carbons (Fsp3) is 0.562. The molecule has 1 unspecified atom stereocenters. The molecular weight excluding hydrogens is 270 g/mol. The highest BCUT2D eigenvalue weighted by atomic mass is 16.5. The number of nitrogens with one attached hydrogen (secondary N) is 1. The average Bonchev–Trinajstić information content (AvgIpc) is 2.42. The summed E-state index contributed by atoms with van der Waals surface area (Å²) in [6.45, 7) is 5.98. The SMILES string of the molecule is COc1ccc(C(=O)NCC(C)(O)CC(C)C)c(OC)c1. The number of ether oxygens (including phenoxy) is 2. The van der Waals surface area contributed by atoms with Gasteiger partial charge in [-0.1, -0.05) is 13.8 Å². The number of methoxy groups -OCH3 is 2. The van der Waals surface area contributed by atoms with Crippen LogP contribution in [0.15, 0.2) is 18.2 Å². The van der Waals surface area contributed by atoms with Crippen molar-refractivity contribution in [2.75, 3.05) is 20.8 Å². The predicted molar refractivity (Wildman–Crippen MR) is 82.0 cm³/mol. The molecule has 0 aliphatic carbocycles. The van der Waals surface area contributed by atoms with E-state index in [2.05, 4.69) is 5.32 Å². The van der Waals surface area contributed by atoms with Crippen LogP contribution in [0.25, 0.3) is 0 Å². The van der Waals surface area contributed by atoms with Crippen LogP contribution in [-0.4, -0.2) is 37.4 Å². The highest BCUT2D eigenvalue weighted by molar-refractivity contribution is 5.97. The summed E-state index contributed by atoms with van der Waals surface area (Å²) < 4.78 is 10.3. The Morgan fingerprint density at radius 1 is 1.33 bits per heavy atom. The summed E-state index contributed by atoms with van der Waals surface area (Å²) in [5, 5.41) is 13.0. The van der Waals surface area contributed by atoms with E-state index in [0.29, 0.717) is 29.4 Å². The van der Waals surface area contributed by atoms with Crippen molar-refractivity contribution in [3.05, 3.63) is 23.8 Å². The Balaban J connectivity index is 2.76. The second kappa shape index (κ2) is 7.31. The summed E-state index contributed by atoms with van der Waals surface area (Å²) in [6.07, 6.45) is 0.618. The van der Waals surface area contributed by atoms with Crippen molar-refractivity contribution in [1.82, 2.24) is 5.32 Å². The highest BCUT2D eigenvalue weighted by Crippen LogP contribution is 2.24. The van der Waals surface area contributed by atoms with Gasteiger partial charge in [0.15, 0.2) is 0 Å². The Morgan fingerprint density at radius 2 is 2.00 bits per heavy atom. The van der Waals surface area contributed by atoms with Crippen molar-refractivity contribution in [2.45, 2.75) is 32.8 Å². The van der Waals surface area contributed by atoms with Crippen molar-refractivity contribution in [1.29, 1.82) is 0 Å². The highest BCUT2D eigenvalue weighted by Gasteiger charge is 2.23. The van der Waals surface area contributed by atoms with Gasteiger partial charge >= 0.3 is 0 Å². The van der Waals surface area contributed by atoms with Crippen molar-refractivity contribution in [2.24, 2.45) is 5.92 Å². The zero-order valence-corrected chi connectivity index (χ0v) is 13.4. The molecule has 5 heteroatoms. The molecule has 1 aromatic carbocycles. The molecule has 0 aromatic heterocycles. The van der Waals surface area contributed by atoms with E-state index in [1.165, 1.54) is 7.11 Å². The van der Waals surface area contributed by atoms with E-state index in [1.54, 1.807) is 32.2 Å². The van der Waals surface area contributed by atoms with Gasteiger partial charge in [0, 0.05) is 12.6 Å². The predicted octanol–water partition coefficient (Wildman–Crippen LogP) is 2.23. The first-order chi connectivity index (χ1) is 9.79. The molecule has 0 aliphatic rings. The zero-order valence-electron chi connectivity index (χ0n) is 13.4. The summed E-state index contributed by atoms with van der Waals surface area (Å²) in [4.78, 5) is 12.2. The Labute approximate surface area is 126 Å². The van der Waals surface area contributed by atoms with Gasteiger partial charge in [-0.15, -0.1) is 0 Å². The number of benzene rings is 1. The first kappa shape index (κ1) is 17.3. The van der Waals surface area contributed by atoms with Gasteiger partial charge in [-0.2, -0.15) is 0 Å². The lowest BCUT2D eigenvalue weighted by molar-refractivity contribution is 0.0368. The molecular formula is C16H25NO4. The minimum atomic E-state index is -0.927. The molecule has 0 spiro atoms. The number of rotatable bonds is 7. The lowest BCUT2D eigenvalue weighted by Crippen LogP contribution is -2.41. The molecule has 118 valence electrons. The molecule has 0 aliphatic heterocycles. The van der Waals surface area contributed by atoms with Gasteiger partial charge < -0.3 is 19.9 Å². The summed E-state index contributed by atoms with van der Waals surface area (Å²) in [5.41, 5.74) is -0.512. The Kier molecular flexibility index (Phi) is 6.03. The van der Waals surface area contributed by atoms with Gasteiger partial charge in [-0.05, 0) is 31.4 Å². The fourth-order valence-corrected chi connectivity index (χ4v) is 2.30. The van der Waals surface area contributed by atoms with E-state index < -0.39 is 5.60 Å². The van der Waals surface area contributed by atoms with Crippen LogP contribution >= 0.6 is 0 Å². The van der Waals surface area contributed by atoms with Crippen LogP contribution in [0, 0.1) is 5.92 Å². The minimum Gasteiger partial charge on any atom is -0.497 e. The summed E-state index contributed by atoms with van der Waals surface area (Å²) in [7, 11) is 3.05. The van der Waals surface area contributed by atoms with E-state index in [4.69, 9.17) is 9.47 Å². The lowest BCUT2D eigenvalue weighted by Gasteiger charge is -2.25. The Morgan fingerprint density at radius 3 is 2.52 bits per heavy atom. The quantitative estimate of drug-likeness (QED) is 0.809. The average molecular weight is 295 g/mol. The number of carbonyl (C=O) groups is 1. The van der Waals surface area contributed by atoms with Crippen molar-refractivity contribution in [3.8, 4) is 11.5 Å². The lowest BCUT2D eigenvalue weighted by atomic mass is 9.94. The summed E-state index contributed by atoms with van der Waals surface area (Å²) in [6, 6.07) is 5.00. The molecule has 0 saturated heterocycles. The van der Waals surface area contributed by atoms with Crippen LogP contribution in [0.1, 0.15) is 37.6 Å². The van der Waals surface area contributed by atoms with Gasteiger partial charge in [0.25, 0.3) is 5.91 Å². The molecule has 1 aromatic rings. The van der Waals surface area contributed by atoms with E-state index in [-0.39, 0.29) is 12.5 Å². The number of hydrogen-bond acceptors (Lipinski definition) is 4. The van der Waals surface area contributed by atoms with Crippen molar-refractivity contribution in [3.63, 3.8) is 0 Å². The normalized spacial score (nSPS) is 13.7. The Bertz CT molecular complexity index is 483. The fourth-order valence-electron chi connectivity index (χ4n) is 2.30. The number of hydrogen-bond donors (Lipinski definition) is 2. The summed E-state index contributed by atoms with van der Waals surface area (Å²) in [5.74, 6) is 1.14. The van der Waals surface area contributed by atoms with Gasteiger partial charge in [0.1, 0.15) is 11.5 Å². The van der Waals surface area contributed by atoms with Crippen molar-refractivity contribution >= 4 is 5.91 Å². The molecule has 5 nitrogen and oxygen atoms in total. The maximum atomic E-state index is 12.2. The topological polar surface area (TPSA) is 67.8 Å². The third-order valence-electron chi connectivity index (χ3n) is 3.13. The van der Waals surface area contributed by atoms with Crippen LogP contribution in [0.2, 0.25) is 0 Å². The summed E-state index contributed by atoms with van der Waals surface area (Å²) >= 11 is 0. The standard InChI is InChI=1S/C16H25NO4/c1-11(2)9-16(3,19)10-17-15(18)13-7-6-12(20-4)8-14(13)21-5/h6-8,11,19H,9-10H2,1-5H3,(H,17,18). The monoisotopic (exact) mass is 295 g/mol. The van der Waals surface area contributed by atoms with Gasteiger partial charge in [-0.3, -0.25) is 4.79 Å². The molecule has 2 N–H and O–H groups in total. The number of aliphatic hydroxyl groups is 1. The van der Waals surface area contributed by atoms with Crippen LogP contribution in [0.3, 0.4) is 0 Å². The maximum absolute atomic E-state index is 12.2. The molecule has 1 atom stereocenters. The molecule has 0 bridgehead atoms. The second-order valence-corrected chi connectivity index (χ2v) is 5.84. The minimum absolute atomic E-state index is 0.194. The molecule has 0 fully saturated rings. The first-order valence-electron chi connectivity index (χ1n) is 7.01. The number of amides is 1. The smallest absolute Gasteiger partial charge is 0.255 e. The van der Waals surface area contributed by atoms with Crippen LogP contribution in [0.4, 0.5) is 0 Å². The molecule has 1 amide bonds. The molecule has 1 rings (SSSR count). The second-order valence-electron chi connectivity index (χ2n) is 5.84. The molecule has 0 saturated carbocycles. The van der Waals surface area contributed by atoms with Crippen LogP contribution < -0.4 is 14.8 Å². The maximum Gasteiger partial charge on any atom is 0.255 e. The van der Waals surface area contributed by atoms with E-state index in [1.807, 2.05) is 13.8 Å². The zero-order chi connectivity index (χ0) is 16.0.